The third kappa shape index (κ3) is 7.13. The molecule has 274 valence electrons. The fourth-order valence-corrected chi connectivity index (χ4v) is 9.03. The first-order valence-electron chi connectivity index (χ1n) is 19.0. The number of benzene rings is 1. The number of aliphatic hydroxyl groups is 1. The number of aromatic nitrogens is 3. The molecule has 2 bridgehead atoms. The Bertz CT molecular complexity index is 1710. The number of methoxy groups -OCH3 is 1. The van der Waals surface area contributed by atoms with Crippen LogP contribution in [0, 0.1) is 24.2 Å². The van der Waals surface area contributed by atoms with E-state index in [-0.39, 0.29) is 52.9 Å². The van der Waals surface area contributed by atoms with Crippen LogP contribution >= 0.6 is 0 Å². The number of amides is 2. The number of hydrogen-bond donors (Lipinski definition) is 1. The number of ether oxygens (including phenoxy) is 2. The van der Waals surface area contributed by atoms with Crippen LogP contribution in [0.5, 0.6) is 5.75 Å². The average Bonchev–Trinajstić information content (AvgIpc) is 3.63. The van der Waals surface area contributed by atoms with E-state index in [1.54, 1.807) is 12.0 Å². The van der Waals surface area contributed by atoms with Gasteiger partial charge in [0.1, 0.15) is 17.7 Å². The highest BCUT2D eigenvalue weighted by atomic mass is 16.6. The number of likely N-dealkylation sites (tertiary alicyclic amines) is 1. The molecule has 51 heavy (non-hydrogen) atoms. The molecule has 2 aromatic heterocycles. The van der Waals surface area contributed by atoms with Gasteiger partial charge in [0.15, 0.2) is 0 Å². The first-order chi connectivity index (χ1) is 24.4. The van der Waals surface area contributed by atoms with E-state index in [0.29, 0.717) is 51.1 Å². The van der Waals surface area contributed by atoms with E-state index < -0.39 is 0 Å². The number of carbonyl (C=O) groups is 2. The molecule has 8 rings (SSSR count). The maximum atomic E-state index is 14.7. The molecule has 1 N–H and O–H groups in total. The Morgan fingerprint density at radius 2 is 1.69 bits per heavy atom. The topological polar surface area (TPSA) is 110 Å². The van der Waals surface area contributed by atoms with Gasteiger partial charge < -0.3 is 19.5 Å². The van der Waals surface area contributed by atoms with Gasteiger partial charge in [0.25, 0.3) is 0 Å². The SMILES string of the molecule is COc1ccc(C23CCC(CN(C(=O)C4CCC(OC(=O)N5CC(CO)C5)CC4)c4cc(-c5cnn(C(C)(C)C)c5)ccn4)(CC2)CC3)cc1C. The summed E-state index contributed by atoms with van der Waals surface area (Å²) in [6.45, 7) is 10.4. The number of anilines is 1. The standard InChI is InChI=1S/C41H55N5O5/c1-28-20-33(8-11-35(28)50-5)41-16-13-40(14-17-41,15-18-41)27-45(36-21-31(12-19-42-36)32-22-43-46(25-32)39(2,3)4)37(48)30-6-9-34(10-7-30)51-38(49)44-23-29(24-44)26-47/h8,11-12,19-22,25,29-30,34,47H,6-7,9-10,13-18,23-24,26-27H2,1-5H3. The minimum atomic E-state index is -0.304. The van der Waals surface area contributed by atoms with Gasteiger partial charge in [-0.3, -0.25) is 14.4 Å². The Kier molecular flexibility index (Phi) is 9.67. The van der Waals surface area contributed by atoms with Crippen molar-refractivity contribution in [2.24, 2.45) is 17.3 Å². The molecular weight excluding hydrogens is 642 g/mol. The summed E-state index contributed by atoms with van der Waals surface area (Å²) in [5, 5.41) is 13.9. The van der Waals surface area contributed by atoms with Crippen molar-refractivity contribution in [2.45, 2.75) is 109 Å². The Morgan fingerprint density at radius 1 is 0.980 bits per heavy atom. The van der Waals surface area contributed by atoms with Crippen LogP contribution in [0.1, 0.15) is 96.1 Å². The highest BCUT2D eigenvalue weighted by molar-refractivity contribution is 5.95. The van der Waals surface area contributed by atoms with E-state index in [0.717, 1.165) is 55.4 Å². The van der Waals surface area contributed by atoms with Crippen molar-refractivity contribution in [3.63, 3.8) is 0 Å². The number of rotatable bonds is 9. The van der Waals surface area contributed by atoms with Crippen molar-refractivity contribution >= 4 is 17.8 Å². The van der Waals surface area contributed by atoms with Gasteiger partial charge in [-0.15, -0.1) is 0 Å². The Balaban J connectivity index is 1.09. The largest absolute Gasteiger partial charge is 0.496 e. The van der Waals surface area contributed by atoms with E-state index in [1.165, 1.54) is 11.1 Å². The molecular formula is C41H55N5O5. The molecule has 1 aliphatic heterocycles. The monoisotopic (exact) mass is 697 g/mol. The Labute approximate surface area is 302 Å². The molecule has 4 saturated carbocycles. The maximum Gasteiger partial charge on any atom is 0.410 e. The van der Waals surface area contributed by atoms with Crippen molar-refractivity contribution in [2.75, 3.05) is 38.3 Å². The fraction of sp³-hybridized carbons (Fsp3) is 0.610. The lowest BCUT2D eigenvalue weighted by molar-refractivity contribution is -0.124. The molecule has 3 aromatic rings. The number of aliphatic hydroxyl groups excluding tert-OH is 1. The van der Waals surface area contributed by atoms with Gasteiger partial charge >= 0.3 is 6.09 Å². The van der Waals surface area contributed by atoms with E-state index in [4.69, 9.17) is 14.5 Å². The van der Waals surface area contributed by atoms with Crippen LogP contribution in [0.15, 0.2) is 48.9 Å². The summed E-state index contributed by atoms with van der Waals surface area (Å²) in [5.74, 6) is 1.76. The zero-order valence-corrected chi connectivity index (χ0v) is 31.1. The fourth-order valence-electron chi connectivity index (χ4n) is 9.03. The van der Waals surface area contributed by atoms with Gasteiger partial charge in [-0.2, -0.15) is 5.10 Å². The average molecular weight is 698 g/mol. The highest BCUT2D eigenvalue weighted by Gasteiger charge is 2.51. The lowest BCUT2D eigenvalue weighted by atomic mass is 9.51. The van der Waals surface area contributed by atoms with Gasteiger partial charge in [0, 0.05) is 56.0 Å². The number of hydrogen-bond acceptors (Lipinski definition) is 7. The molecule has 1 saturated heterocycles. The van der Waals surface area contributed by atoms with Crippen LogP contribution in [-0.4, -0.2) is 76.2 Å². The van der Waals surface area contributed by atoms with Crippen molar-refractivity contribution < 1.29 is 24.2 Å². The van der Waals surface area contributed by atoms with Gasteiger partial charge in [0.2, 0.25) is 5.91 Å². The minimum Gasteiger partial charge on any atom is -0.496 e. The lowest BCUT2D eigenvalue weighted by Crippen LogP contribution is -2.52. The van der Waals surface area contributed by atoms with E-state index >= 15 is 0 Å². The van der Waals surface area contributed by atoms with Crippen molar-refractivity contribution in [1.82, 2.24) is 19.7 Å². The quantitative estimate of drug-likeness (QED) is 0.251. The molecule has 4 aliphatic carbocycles. The second-order valence-corrected chi connectivity index (χ2v) is 16.9. The molecule has 0 unspecified atom stereocenters. The Hall–Kier alpha value is -3.92. The first kappa shape index (κ1) is 35.5. The third-order valence-electron chi connectivity index (χ3n) is 12.6. The smallest absolute Gasteiger partial charge is 0.410 e. The van der Waals surface area contributed by atoms with Crippen LogP contribution < -0.4 is 9.64 Å². The van der Waals surface area contributed by atoms with Gasteiger partial charge in [-0.1, -0.05) is 12.1 Å². The molecule has 10 nitrogen and oxygen atoms in total. The molecule has 5 fully saturated rings. The molecule has 3 heterocycles. The third-order valence-corrected chi connectivity index (χ3v) is 12.6. The second kappa shape index (κ2) is 13.9. The molecule has 1 aromatic carbocycles. The van der Waals surface area contributed by atoms with Gasteiger partial charge in [-0.05, 0) is 138 Å². The maximum absolute atomic E-state index is 14.7. The van der Waals surface area contributed by atoms with E-state index in [1.807, 2.05) is 28.0 Å². The van der Waals surface area contributed by atoms with Crippen LogP contribution in [0.2, 0.25) is 0 Å². The van der Waals surface area contributed by atoms with Crippen molar-refractivity contribution in [1.29, 1.82) is 0 Å². The van der Waals surface area contributed by atoms with Crippen LogP contribution in [0.25, 0.3) is 11.1 Å². The lowest BCUT2D eigenvalue weighted by Gasteiger charge is -2.55. The van der Waals surface area contributed by atoms with Gasteiger partial charge in [0.05, 0.1) is 18.8 Å². The number of fused-ring (bicyclic) bond motifs is 3. The summed E-state index contributed by atoms with van der Waals surface area (Å²) >= 11 is 0. The van der Waals surface area contributed by atoms with Crippen LogP contribution in [-0.2, 0) is 20.5 Å². The second-order valence-electron chi connectivity index (χ2n) is 16.9. The summed E-state index contributed by atoms with van der Waals surface area (Å²) in [4.78, 5) is 35.8. The minimum absolute atomic E-state index is 0.0457. The van der Waals surface area contributed by atoms with Crippen LogP contribution in [0.3, 0.4) is 0 Å². The van der Waals surface area contributed by atoms with Gasteiger partial charge in [-0.25, -0.2) is 9.78 Å². The molecule has 0 atom stereocenters. The predicted molar refractivity (Wildman–Crippen MR) is 197 cm³/mol. The van der Waals surface area contributed by atoms with Crippen molar-refractivity contribution in [3.8, 4) is 16.9 Å². The van der Waals surface area contributed by atoms with E-state index in [9.17, 15) is 14.7 Å². The highest BCUT2D eigenvalue weighted by Crippen LogP contribution is 2.58. The molecule has 5 aliphatic rings. The summed E-state index contributed by atoms with van der Waals surface area (Å²) in [5.41, 5.74) is 4.70. The van der Waals surface area contributed by atoms with E-state index in [2.05, 4.69) is 63.3 Å². The summed E-state index contributed by atoms with van der Waals surface area (Å²) in [6, 6.07) is 10.8. The number of pyridine rings is 1. The predicted octanol–water partition coefficient (Wildman–Crippen LogP) is 7.26. The number of aryl methyl sites for hydroxylation is 1. The number of carbonyl (C=O) groups excluding carboxylic acids is 2. The molecule has 0 radical (unpaired) electrons. The first-order valence-corrected chi connectivity index (χ1v) is 19.0. The summed E-state index contributed by atoms with van der Waals surface area (Å²) in [7, 11) is 1.73. The molecule has 0 spiro atoms. The normalized spacial score (nSPS) is 26.4. The zero-order chi connectivity index (χ0) is 36.0. The van der Waals surface area contributed by atoms with Crippen LogP contribution in [0.4, 0.5) is 10.6 Å². The zero-order valence-electron chi connectivity index (χ0n) is 31.1. The Morgan fingerprint density at radius 3 is 2.29 bits per heavy atom. The molecule has 10 heteroatoms. The summed E-state index contributed by atoms with van der Waals surface area (Å²) < 4.78 is 13.4. The molecule has 2 amide bonds. The van der Waals surface area contributed by atoms with Crippen molar-refractivity contribution in [3.05, 3.63) is 60.0 Å². The summed E-state index contributed by atoms with van der Waals surface area (Å²) in [6.07, 6.45) is 14.6. The number of nitrogens with zero attached hydrogens (tertiary/aromatic N) is 5.